The molecule has 0 aromatic carbocycles. The first-order valence-corrected chi connectivity index (χ1v) is 10.1. The van der Waals surface area contributed by atoms with Crippen LogP contribution in [0.1, 0.15) is 33.1 Å². The van der Waals surface area contributed by atoms with Crippen molar-refractivity contribution in [2.45, 2.75) is 37.2 Å². The lowest BCUT2D eigenvalue weighted by Gasteiger charge is -2.44. The summed E-state index contributed by atoms with van der Waals surface area (Å²) in [5.74, 6) is 1.54. The molecule has 1 unspecified atom stereocenters. The highest BCUT2D eigenvalue weighted by atomic mass is 32.2. The minimum Gasteiger partial charge on any atom is -0.466 e. The predicted octanol–water partition coefficient (Wildman–Crippen LogP) is 2.87. The van der Waals surface area contributed by atoms with Gasteiger partial charge in [-0.3, -0.25) is 0 Å². The van der Waals surface area contributed by atoms with E-state index in [1.807, 2.05) is 23.5 Å². The zero-order chi connectivity index (χ0) is 18.2. The van der Waals surface area contributed by atoms with Gasteiger partial charge in [0.2, 0.25) is 0 Å². The monoisotopic (exact) mass is 376 g/mol. The van der Waals surface area contributed by atoms with E-state index in [2.05, 4.69) is 18.6 Å². The Morgan fingerprint density at radius 2 is 1.83 bits per heavy atom. The Balaban J connectivity index is 3.19. The van der Waals surface area contributed by atoms with E-state index in [0.717, 1.165) is 17.9 Å². The lowest BCUT2D eigenvalue weighted by molar-refractivity contribution is -0.138. The van der Waals surface area contributed by atoms with E-state index < -0.39 is 11.9 Å². The van der Waals surface area contributed by atoms with E-state index >= 15 is 0 Å². The minimum atomic E-state index is -0.556. The topological polar surface area (TPSA) is 72.8 Å². The van der Waals surface area contributed by atoms with Gasteiger partial charge in [-0.1, -0.05) is 13.8 Å². The summed E-state index contributed by atoms with van der Waals surface area (Å²) in [7, 11) is 2.60. The molecule has 0 aliphatic carbocycles. The molecule has 0 aromatic heterocycles. The Labute approximate surface area is 152 Å². The maximum Gasteiger partial charge on any atom is 0.334 e. The molecule has 1 fully saturated rings. The SMILES string of the molecule is COC(=O)/C=C(\CC1(C(CCO)C(C)C)SCCCS1)C(=O)OC. The van der Waals surface area contributed by atoms with Crippen molar-refractivity contribution in [3.63, 3.8) is 0 Å². The Kier molecular flexibility index (Phi) is 9.23. The van der Waals surface area contributed by atoms with E-state index in [1.165, 1.54) is 20.3 Å². The van der Waals surface area contributed by atoms with Gasteiger partial charge in [-0.2, -0.15) is 0 Å². The van der Waals surface area contributed by atoms with Crippen molar-refractivity contribution < 1.29 is 24.2 Å². The van der Waals surface area contributed by atoms with Gasteiger partial charge in [0.25, 0.3) is 0 Å². The average molecular weight is 377 g/mol. The molecule has 0 radical (unpaired) electrons. The maximum atomic E-state index is 12.2. The lowest BCUT2D eigenvalue weighted by atomic mass is 9.85. The molecule has 0 bridgehead atoms. The standard InChI is InChI=1S/C17H28O5S2/c1-12(2)14(6-7-18)17(23-8-5-9-24-17)11-13(16(20)22-4)10-15(19)21-3/h10,12,14,18H,5-9,11H2,1-4H3/b13-10+. The zero-order valence-electron chi connectivity index (χ0n) is 14.9. The molecule has 0 spiro atoms. The van der Waals surface area contributed by atoms with Crippen molar-refractivity contribution >= 4 is 35.5 Å². The van der Waals surface area contributed by atoms with E-state index in [4.69, 9.17) is 4.74 Å². The van der Waals surface area contributed by atoms with Crippen molar-refractivity contribution in [3.8, 4) is 0 Å². The van der Waals surface area contributed by atoms with Crippen LogP contribution in [0.4, 0.5) is 0 Å². The van der Waals surface area contributed by atoms with Gasteiger partial charge in [0.05, 0.1) is 18.3 Å². The van der Waals surface area contributed by atoms with Gasteiger partial charge in [0, 0.05) is 24.7 Å². The van der Waals surface area contributed by atoms with Crippen molar-refractivity contribution in [2.24, 2.45) is 11.8 Å². The van der Waals surface area contributed by atoms with Crippen LogP contribution >= 0.6 is 23.5 Å². The molecule has 0 aromatic rings. The number of hydrogen-bond acceptors (Lipinski definition) is 7. The second-order valence-electron chi connectivity index (χ2n) is 6.09. The van der Waals surface area contributed by atoms with Gasteiger partial charge in [0.15, 0.2) is 0 Å². The molecule has 1 aliphatic heterocycles. The number of hydrogen-bond donors (Lipinski definition) is 1. The van der Waals surface area contributed by atoms with Crippen LogP contribution in [-0.4, -0.2) is 53.5 Å². The Hall–Kier alpha value is -0.660. The molecule has 0 amide bonds. The first-order chi connectivity index (χ1) is 11.4. The molecule has 7 heteroatoms. The lowest BCUT2D eigenvalue weighted by Crippen LogP contribution is -2.39. The number of esters is 2. The predicted molar refractivity (Wildman–Crippen MR) is 99.0 cm³/mol. The summed E-state index contributed by atoms with van der Waals surface area (Å²) in [5.41, 5.74) is 0.329. The fraction of sp³-hybridized carbons (Fsp3) is 0.765. The Morgan fingerprint density at radius 1 is 1.21 bits per heavy atom. The molecule has 1 saturated heterocycles. The zero-order valence-corrected chi connectivity index (χ0v) is 16.5. The molecule has 138 valence electrons. The summed E-state index contributed by atoms with van der Waals surface area (Å²) in [6, 6.07) is 0. The molecule has 24 heavy (non-hydrogen) atoms. The number of aliphatic hydroxyl groups is 1. The minimum absolute atomic E-state index is 0.111. The number of thioether (sulfide) groups is 2. The average Bonchev–Trinajstić information content (AvgIpc) is 2.58. The Bertz CT molecular complexity index is 456. The molecule has 5 nitrogen and oxygen atoms in total. The van der Waals surface area contributed by atoms with Crippen LogP contribution in [0.5, 0.6) is 0 Å². The second-order valence-corrected chi connectivity index (χ2v) is 9.20. The van der Waals surface area contributed by atoms with Crippen LogP contribution in [0, 0.1) is 11.8 Å². The van der Waals surface area contributed by atoms with Gasteiger partial charge >= 0.3 is 11.9 Å². The molecule has 0 saturated carbocycles. The number of methoxy groups -OCH3 is 2. The highest BCUT2D eigenvalue weighted by molar-refractivity contribution is 8.18. The van der Waals surface area contributed by atoms with Crippen molar-refractivity contribution in [1.82, 2.24) is 0 Å². The summed E-state index contributed by atoms with van der Waals surface area (Å²) in [4.78, 5) is 23.8. The van der Waals surface area contributed by atoms with Gasteiger partial charge in [0.1, 0.15) is 0 Å². The third-order valence-corrected chi connectivity index (χ3v) is 7.73. The van der Waals surface area contributed by atoms with Crippen LogP contribution < -0.4 is 0 Å². The van der Waals surface area contributed by atoms with Crippen LogP contribution in [0.25, 0.3) is 0 Å². The first-order valence-electron chi connectivity index (χ1n) is 8.15. The van der Waals surface area contributed by atoms with E-state index in [1.54, 1.807) is 0 Å². The fourth-order valence-corrected chi connectivity index (χ4v) is 7.03. The van der Waals surface area contributed by atoms with E-state index in [-0.39, 0.29) is 16.6 Å². The van der Waals surface area contributed by atoms with E-state index in [9.17, 15) is 14.7 Å². The van der Waals surface area contributed by atoms with Gasteiger partial charge < -0.3 is 14.6 Å². The summed E-state index contributed by atoms with van der Waals surface area (Å²) in [6.07, 6.45) is 3.45. The van der Waals surface area contributed by atoms with Gasteiger partial charge in [-0.15, -0.1) is 23.5 Å². The third kappa shape index (κ3) is 5.70. The number of carbonyl (C=O) groups is 2. The summed E-state index contributed by atoms with van der Waals surface area (Å²) in [5, 5.41) is 9.50. The smallest absolute Gasteiger partial charge is 0.334 e. The highest BCUT2D eigenvalue weighted by Crippen LogP contribution is 2.54. The van der Waals surface area contributed by atoms with Crippen molar-refractivity contribution in [2.75, 3.05) is 32.3 Å². The fourth-order valence-electron chi connectivity index (χ4n) is 3.02. The molecule has 1 heterocycles. The largest absolute Gasteiger partial charge is 0.466 e. The summed E-state index contributed by atoms with van der Waals surface area (Å²) in [6.45, 7) is 4.39. The molecule has 1 rings (SSSR count). The third-order valence-electron chi connectivity index (χ3n) is 4.17. The maximum absolute atomic E-state index is 12.2. The number of rotatable bonds is 8. The van der Waals surface area contributed by atoms with Crippen molar-refractivity contribution in [1.29, 1.82) is 0 Å². The molecular weight excluding hydrogens is 348 g/mol. The molecular formula is C17H28O5S2. The summed E-state index contributed by atoms with van der Waals surface area (Å²) < 4.78 is 9.29. The molecule has 1 aliphatic rings. The van der Waals surface area contributed by atoms with Crippen LogP contribution in [0.3, 0.4) is 0 Å². The van der Waals surface area contributed by atoms with Crippen LogP contribution in [0.15, 0.2) is 11.6 Å². The second kappa shape index (κ2) is 10.4. The number of carbonyl (C=O) groups excluding carboxylic acids is 2. The number of aliphatic hydroxyl groups excluding tert-OH is 1. The Morgan fingerprint density at radius 3 is 2.29 bits per heavy atom. The van der Waals surface area contributed by atoms with Gasteiger partial charge in [-0.25, -0.2) is 9.59 Å². The van der Waals surface area contributed by atoms with Crippen LogP contribution in [-0.2, 0) is 19.1 Å². The first kappa shape index (κ1) is 21.4. The molecule has 1 N–H and O–H groups in total. The van der Waals surface area contributed by atoms with Gasteiger partial charge in [-0.05, 0) is 36.2 Å². The normalized spacial score (nSPS) is 19.0. The van der Waals surface area contributed by atoms with E-state index in [0.29, 0.717) is 24.3 Å². The quantitative estimate of drug-likeness (QED) is 0.516. The van der Waals surface area contributed by atoms with Crippen molar-refractivity contribution in [3.05, 3.63) is 11.6 Å². The number of ether oxygens (including phenoxy) is 2. The highest BCUT2D eigenvalue weighted by Gasteiger charge is 2.44. The van der Waals surface area contributed by atoms with Crippen LogP contribution in [0.2, 0.25) is 0 Å². The molecule has 1 atom stereocenters. The summed E-state index contributed by atoms with van der Waals surface area (Å²) >= 11 is 3.66.